The summed E-state index contributed by atoms with van der Waals surface area (Å²) in [5, 5.41) is 4.61. The van der Waals surface area contributed by atoms with Crippen molar-refractivity contribution < 1.29 is 13.9 Å². The summed E-state index contributed by atoms with van der Waals surface area (Å²) in [6.45, 7) is 5.50. The molecule has 0 fully saturated rings. The van der Waals surface area contributed by atoms with Crippen LogP contribution in [0.5, 0.6) is 0 Å². The Balaban J connectivity index is 2.07. The van der Waals surface area contributed by atoms with E-state index in [0.717, 1.165) is 17.9 Å². The van der Waals surface area contributed by atoms with E-state index in [1.807, 2.05) is 18.2 Å². The molecule has 4 heteroatoms. The van der Waals surface area contributed by atoms with E-state index in [-0.39, 0.29) is 12.1 Å². The highest BCUT2D eigenvalue weighted by Crippen LogP contribution is 2.29. The van der Waals surface area contributed by atoms with Crippen LogP contribution in [0.3, 0.4) is 0 Å². The minimum atomic E-state index is 0.0483. The first-order chi connectivity index (χ1) is 9.67. The van der Waals surface area contributed by atoms with Crippen molar-refractivity contribution >= 4 is 11.0 Å². The lowest BCUT2D eigenvalue weighted by Gasteiger charge is -2.18. The second-order valence-corrected chi connectivity index (χ2v) is 5.03. The summed E-state index contributed by atoms with van der Waals surface area (Å²) in [5.41, 5.74) is 2.13. The molecule has 0 aliphatic rings. The van der Waals surface area contributed by atoms with Gasteiger partial charge in [-0.3, -0.25) is 0 Å². The van der Waals surface area contributed by atoms with E-state index in [4.69, 9.17) is 13.9 Å². The van der Waals surface area contributed by atoms with Crippen molar-refractivity contribution in [2.24, 2.45) is 0 Å². The molecule has 1 aromatic carbocycles. The number of para-hydroxylation sites is 1. The first-order valence-electron chi connectivity index (χ1n) is 6.90. The second kappa shape index (κ2) is 6.88. The number of benzene rings is 1. The van der Waals surface area contributed by atoms with Gasteiger partial charge in [0, 0.05) is 26.2 Å². The maximum Gasteiger partial charge on any atom is 0.134 e. The number of nitrogens with one attached hydrogen (secondary N) is 1. The van der Waals surface area contributed by atoms with Gasteiger partial charge in [-0.1, -0.05) is 18.2 Å². The van der Waals surface area contributed by atoms with Gasteiger partial charge < -0.3 is 19.2 Å². The molecule has 0 amide bonds. The molecule has 0 aliphatic carbocycles. The van der Waals surface area contributed by atoms with Crippen molar-refractivity contribution in [1.82, 2.24) is 5.32 Å². The van der Waals surface area contributed by atoms with Gasteiger partial charge in [0.05, 0.1) is 18.8 Å². The molecule has 1 heterocycles. The fraction of sp³-hybridized carbons (Fsp3) is 0.500. The Morgan fingerprint density at radius 1 is 1.25 bits per heavy atom. The summed E-state index contributed by atoms with van der Waals surface area (Å²) in [4.78, 5) is 0. The van der Waals surface area contributed by atoms with Crippen LogP contribution >= 0.6 is 0 Å². The van der Waals surface area contributed by atoms with Crippen molar-refractivity contribution in [2.75, 3.05) is 27.4 Å². The Labute approximate surface area is 120 Å². The molecular formula is C16H23NO3. The summed E-state index contributed by atoms with van der Waals surface area (Å²) in [7, 11) is 3.38. The van der Waals surface area contributed by atoms with Gasteiger partial charge in [0.15, 0.2) is 0 Å². The minimum Gasteiger partial charge on any atom is -0.459 e. The molecule has 1 aromatic heterocycles. The Morgan fingerprint density at radius 2 is 2.00 bits per heavy atom. The molecule has 0 spiro atoms. The van der Waals surface area contributed by atoms with Gasteiger partial charge in [-0.25, -0.2) is 0 Å². The monoisotopic (exact) mass is 277 g/mol. The third-order valence-corrected chi connectivity index (χ3v) is 3.61. The molecular weight excluding hydrogens is 254 g/mol. The molecule has 0 aliphatic heterocycles. The highest BCUT2D eigenvalue weighted by Gasteiger charge is 2.17. The van der Waals surface area contributed by atoms with Crippen LogP contribution in [0.15, 0.2) is 28.7 Å². The zero-order valence-electron chi connectivity index (χ0n) is 12.6. The first-order valence-corrected chi connectivity index (χ1v) is 6.90. The van der Waals surface area contributed by atoms with E-state index in [9.17, 15) is 0 Å². The summed E-state index contributed by atoms with van der Waals surface area (Å²) in [6.07, 6.45) is 0.0483. The van der Waals surface area contributed by atoms with Gasteiger partial charge in [0.1, 0.15) is 11.3 Å². The van der Waals surface area contributed by atoms with Crippen LogP contribution in [-0.2, 0) is 9.47 Å². The first kappa shape index (κ1) is 15.0. The zero-order chi connectivity index (χ0) is 14.5. The molecule has 0 saturated carbocycles. The Bertz CT molecular complexity index is 550. The smallest absolute Gasteiger partial charge is 0.134 e. The maximum atomic E-state index is 5.95. The number of aryl methyl sites for hydroxylation is 1. The second-order valence-electron chi connectivity index (χ2n) is 5.03. The van der Waals surface area contributed by atoms with Crippen molar-refractivity contribution in [1.29, 1.82) is 0 Å². The number of fused-ring (bicyclic) bond motifs is 1. The summed E-state index contributed by atoms with van der Waals surface area (Å²) >= 11 is 0. The molecule has 0 saturated heterocycles. The third-order valence-electron chi connectivity index (χ3n) is 3.61. The Hall–Kier alpha value is -1.36. The van der Waals surface area contributed by atoms with Crippen LogP contribution in [0, 0.1) is 6.92 Å². The molecule has 2 rings (SSSR count). The fourth-order valence-corrected chi connectivity index (χ4v) is 2.40. The number of hydrogen-bond donors (Lipinski definition) is 1. The zero-order valence-corrected chi connectivity index (χ0v) is 12.6. The lowest BCUT2D eigenvalue weighted by Crippen LogP contribution is -2.33. The molecule has 2 unspecified atom stereocenters. The average molecular weight is 277 g/mol. The van der Waals surface area contributed by atoms with Crippen LogP contribution in [0.2, 0.25) is 0 Å². The van der Waals surface area contributed by atoms with Crippen molar-refractivity contribution in [3.05, 3.63) is 35.6 Å². The highest BCUT2D eigenvalue weighted by molar-refractivity contribution is 5.82. The largest absolute Gasteiger partial charge is 0.459 e. The van der Waals surface area contributed by atoms with Crippen molar-refractivity contribution in [3.63, 3.8) is 0 Å². The van der Waals surface area contributed by atoms with Gasteiger partial charge in [0.2, 0.25) is 0 Å². The molecule has 110 valence electrons. The molecule has 2 aromatic rings. The van der Waals surface area contributed by atoms with E-state index in [0.29, 0.717) is 6.61 Å². The molecule has 20 heavy (non-hydrogen) atoms. The number of hydrogen-bond acceptors (Lipinski definition) is 4. The molecule has 0 bridgehead atoms. The van der Waals surface area contributed by atoms with E-state index in [1.165, 1.54) is 10.9 Å². The normalized spacial score (nSPS) is 14.6. The topological polar surface area (TPSA) is 43.6 Å². The fourth-order valence-electron chi connectivity index (χ4n) is 2.40. The molecule has 0 radical (unpaired) electrons. The van der Waals surface area contributed by atoms with Gasteiger partial charge >= 0.3 is 0 Å². The lowest BCUT2D eigenvalue weighted by atomic mass is 10.1. The van der Waals surface area contributed by atoms with Gasteiger partial charge in [0.25, 0.3) is 0 Å². The standard InChI is InChI=1S/C16H23NO3/c1-11-14-7-5-6-8-15(14)20-16(11)12(2)17-9-13(19-4)10-18-3/h5-8,12-13,17H,9-10H2,1-4H3. The molecule has 1 N–H and O–H groups in total. The van der Waals surface area contributed by atoms with E-state index in [1.54, 1.807) is 14.2 Å². The van der Waals surface area contributed by atoms with Crippen LogP contribution in [0.25, 0.3) is 11.0 Å². The summed E-state index contributed by atoms with van der Waals surface area (Å²) in [5.74, 6) is 0.985. The highest BCUT2D eigenvalue weighted by atomic mass is 16.5. The predicted octanol–water partition coefficient (Wildman–Crippen LogP) is 3.05. The SMILES string of the molecule is COCC(CNC(C)c1oc2ccccc2c1C)OC. The number of ether oxygens (including phenoxy) is 2. The number of furan rings is 1. The third kappa shape index (κ3) is 3.20. The summed E-state index contributed by atoms with van der Waals surface area (Å²) in [6, 6.07) is 8.25. The van der Waals surface area contributed by atoms with E-state index in [2.05, 4.69) is 25.2 Å². The average Bonchev–Trinajstić information content (AvgIpc) is 2.81. The van der Waals surface area contributed by atoms with Crippen LogP contribution in [-0.4, -0.2) is 33.5 Å². The molecule has 2 atom stereocenters. The van der Waals surface area contributed by atoms with Gasteiger partial charge in [-0.15, -0.1) is 0 Å². The predicted molar refractivity (Wildman–Crippen MR) is 80.0 cm³/mol. The Kier molecular flexibility index (Phi) is 5.17. The number of methoxy groups -OCH3 is 2. The van der Waals surface area contributed by atoms with Crippen LogP contribution in [0.4, 0.5) is 0 Å². The van der Waals surface area contributed by atoms with Crippen LogP contribution in [0.1, 0.15) is 24.3 Å². The van der Waals surface area contributed by atoms with Crippen LogP contribution < -0.4 is 5.32 Å². The molecule has 4 nitrogen and oxygen atoms in total. The summed E-state index contributed by atoms with van der Waals surface area (Å²) < 4.78 is 16.4. The van der Waals surface area contributed by atoms with Crippen molar-refractivity contribution in [3.8, 4) is 0 Å². The number of rotatable bonds is 7. The lowest BCUT2D eigenvalue weighted by molar-refractivity contribution is 0.0273. The van der Waals surface area contributed by atoms with E-state index < -0.39 is 0 Å². The minimum absolute atomic E-state index is 0.0483. The van der Waals surface area contributed by atoms with Gasteiger partial charge in [-0.2, -0.15) is 0 Å². The van der Waals surface area contributed by atoms with Gasteiger partial charge in [-0.05, 0) is 25.5 Å². The van der Waals surface area contributed by atoms with E-state index >= 15 is 0 Å². The van der Waals surface area contributed by atoms with Crippen molar-refractivity contribution in [2.45, 2.75) is 26.0 Å². The quantitative estimate of drug-likeness (QED) is 0.844. The Morgan fingerprint density at radius 3 is 2.65 bits per heavy atom. The maximum absolute atomic E-state index is 5.95.